The Hall–Kier alpha value is -3.45. The first kappa shape index (κ1) is 27.7. The number of halogens is 2. The van der Waals surface area contributed by atoms with Crippen LogP contribution in [-0.2, 0) is 24.2 Å². The van der Waals surface area contributed by atoms with E-state index < -0.39 is 11.8 Å². The summed E-state index contributed by atoms with van der Waals surface area (Å²) in [6.45, 7) is 5.55. The molecule has 2 fully saturated rings. The first-order chi connectivity index (χ1) is 19.7. The Kier molecular flexibility index (Phi) is 7.73. The lowest BCUT2D eigenvalue weighted by molar-refractivity contribution is -0.0594. The van der Waals surface area contributed by atoms with E-state index in [0.717, 1.165) is 12.2 Å². The van der Waals surface area contributed by atoms with Gasteiger partial charge in [0.25, 0.3) is 5.91 Å². The normalized spacial score (nSPS) is 19.4. The van der Waals surface area contributed by atoms with Gasteiger partial charge in [-0.3, -0.25) is 9.69 Å². The van der Waals surface area contributed by atoms with Gasteiger partial charge >= 0.3 is 5.97 Å². The van der Waals surface area contributed by atoms with Gasteiger partial charge in [0.2, 0.25) is 0 Å². The van der Waals surface area contributed by atoms with E-state index >= 15 is 0 Å². The number of ether oxygens (including phenoxy) is 1. The number of rotatable bonds is 8. The SMILES string of the molecule is C[C@H]1CN(C(=O)c2nc(Cc3ccc(Cl)cc3F)cs2)CCN1Cc1nc2ccc(C(=O)O)nc2n1C[C@@H]1CCO1. The number of carbonyl (C=O) groups is 2. The zero-order valence-electron chi connectivity index (χ0n) is 22.3. The number of thiazole rings is 1. The Morgan fingerprint density at radius 1 is 1.20 bits per heavy atom. The predicted octanol–water partition coefficient (Wildman–Crippen LogP) is 4.10. The summed E-state index contributed by atoms with van der Waals surface area (Å²) in [7, 11) is 0. The fourth-order valence-corrected chi connectivity index (χ4v) is 6.13. The number of aromatic carboxylic acids is 1. The fourth-order valence-electron chi connectivity index (χ4n) is 5.19. The Morgan fingerprint density at radius 3 is 2.73 bits per heavy atom. The van der Waals surface area contributed by atoms with E-state index in [0.29, 0.717) is 71.8 Å². The van der Waals surface area contributed by atoms with E-state index in [4.69, 9.17) is 21.3 Å². The number of nitrogens with zero attached hydrogens (tertiary/aromatic N) is 6. The molecule has 214 valence electrons. The van der Waals surface area contributed by atoms with Crippen LogP contribution in [0.2, 0.25) is 5.02 Å². The third kappa shape index (κ3) is 5.82. The molecule has 10 nitrogen and oxygen atoms in total. The van der Waals surface area contributed by atoms with Crippen molar-refractivity contribution >= 4 is 46.0 Å². The standard InChI is InChI=1S/C28H28ClFN6O4S/c1-16-12-35(27(37)26-31-19(15-41-26)10-17-2-3-18(29)11-21(17)30)8-7-34(16)14-24-32-22-4-5-23(28(38)39)33-25(22)36(24)13-20-6-9-40-20/h2-5,11,15-16,20H,6-10,12-14H2,1H3,(H,38,39)/t16-,20-/m0/s1. The monoisotopic (exact) mass is 598 g/mol. The van der Waals surface area contributed by atoms with Gasteiger partial charge in [-0.05, 0) is 43.2 Å². The highest BCUT2D eigenvalue weighted by molar-refractivity contribution is 7.11. The van der Waals surface area contributed by atoms with Gasteiger partial charge in [-0.1, -0.05) is 17.7 Å². The maximum atomic E-state index is 14.2. The van der Waals surface area contributed by atoms with Crippen LogP contribution in [0.15, 0.2) is 35.7 Å². The van der Waals surface area contributed by atoms with Crippen LogP contribution in [0, 0.1) is 5.82 Å². The molecule has 1 aromatic carbocycles. The molecule has 2 aliphatic rings. The van der Waals surface area contributed by atoms with Gasteiger partial charge in [0.1, 0.15) is 17.2 Å². The maximum absolute atomic E-state index is 14.2. The first-order valence-electron chi connectivity index (χ1n) is 13.4. The molecule has 0 aliphatic carbocycles. The third-order valence-corrected chi connectivity index (χ3v) is 8.70. The number of hydrogen-bond donors (Lipinski definition) is 1. The van der Waals surface area contributed by atoms with Crippen LogP contribution in [0.25, 0.3) is 11.2 Å². The summed E-state index contributed by atoms with van der Waals surface area (Å²) in [6, 6.07) is 7.75. The molecular weight excluding hydrogens is 571 g/mol. The van der Waals surface area contributed by atoms with Crippen molar-refractivity contribution in [1.29, 1.82) is 0 Å². The molecule has 13 heteroatoms. The topological polar surface area (TPSA) is 114 Å². The summed E-state index contributed by atoms with van der Waals surface area (Å²) in [6.07, 6.45) is 1.27. The molecule has 2 atom stereocenters. The Bertz CT molecular complexity index is 1620. The minimum absolute atomic E-state index is 0.0242. The zero-order valence-corrected chi connectivity index (χ0v) is 23.9. The molecule has 3 aromatic heterocycles. The van der Waals surface area contributed by atoms with Crippen LogP contribution in [-0.4, -0.2) is 84.7 Å². The molecule has 0 unspecified atom stereocenters. The Balaban J connectivity index is 1.13. The minimum Gasteiger partial charge on any atom is -0.477 e. The summed E-state index contributed by atoms with van der Waals surface area (Å²) in [5.74, 6) is -0.824. The van der Waals surface area contributed by atoms with Crippen molar-refractivity contribution in [2.45, 2.75) is 45.0 Å². The molecule has 0 saturated carbocycles. The van der Waals surface area contributed by atoms with E-state index in [1.807, 2.05) is 4.57 Å². The Morgan fingerprint density at radius 2 is 2.02 bits per heavy atom. The van der Waals surface area contributed by atoms with Crippen molar-refractivity contribution in [2.24, 2.45) is 0 Å². The molecule has 1 N–H and O–H groups in total. The lowest BCUT2D eigenvalue weighted by Gasteiger charge is -2.39. The second-order valence-corrected chi connectivity index (χ2v) is 11.7. The van der Waals surface area contributed by atoms with Gasteiger partial charge in [0, 0.05) is 49.1 Å². The average Bonchev–Trinajstić information content (AvgIpc) is 3.52. The number of carboxylic acid groups (broad SMARTS) is 1. The van der Waals surface area contributed by atoms with Gasteiger partial charge in [0.05, 0.1) is 24.9 Å². The lowest BCUT2D eigenvalue weighted by Crippen LogP contribution is -2.53. The average molecular weight is 599 g/mol. The van der Waals surface area contributed by atoms with E-state index in [-0.39, 0.29) is 30.2 Å². The van der Waals surface area contributed by atoms with E-state index in [1.54, 1.807) is 28.5 Å². The number of imidazole rings is 1. The van der Waals surface area contributed by atoms with Crippen molar-refractivity contribution in [3.63, 3.8) is 0 Å². The summed E-state index contributed by atoms with van der Waals surface area (Å²) < 4.78 is 21.8. The molecule has 41 heavy (non-hydrogen) atoms. The largest absolute Gasteiger partial charge is 0.477 e. The van der Waals surface area contributed by atoms with Crippen LogP contribution >= 0.6 is 22.9 Å². The Labute approximate surface area is 244 Å². The summed E-state index contributed by atoms with van der Waals surface area (Å²) >= 11 is 7.12. The summed E-state index contributed by atoms with van der Waals surface area (Å²) in [5, 5.41) is 12.0. The lowest BCUT2D eigenvalue weighted by atomic mass is 10.1. The minimum atomic E-state index is -1.08. The predicted molar refractivity (Wildman–Crippen MR) is 151 cm³/mol. The number of fused-ring (bicyclic) bond motifs is 1. The molecule has 0 radical (unpaired) electrons. The van der Waals surface area contributed by atoms with Crippen LogP contribution in [0.1, 0.15) is 50.7 Å². The van der Waals surface area contributed by atoms with Crippen molar-refractivity contribution in [2.75, 3.05) is 26.2 Å². The number of carboxylic acids is 1. The number of pyridine rings is 1. The van der Waals surface area contributed by atoms with Gasteiger partial charge in [-0.15, -0.1) is 11.3 Å². The van der Waals surface area contributed by atoms with Crippen LogP contribution in [0.4, 0.5) is 4.39 Å². The molecule has 1 amide bonds. The van der Waals surface area contributed by atoms with Gasteiger partial charge < -0.3 is 19.3 Å². The second-order valence-electron chi connectivity index (χ2n) is 10.4. The van der Waals surface area contributed by atoms with Crippen LogP contribution in [0.5, 0.6) is 0 Å². The third-order valence-electron chi connectivity index (χ3n) is 7.59. The number of aromatic nitrogens is 4. The van der Waals surface area contributed by atoms with Gasteiger partial charge in [-0.25, -0.2) is 24.1 Å². The molecule has 0 bridgehead atoms. The fraction of sp³-hybridized carbons (Fsp3) is 0.393. The van der Waals surface area contributed by atoms with E-state index in [1.165, 1.54) is 23.5 Å². The molecule has 0 spiro atoms. The highest BCUT2D eigenvalue weighted by Gasteiger charge is 2.31. The molecule has 4 aromatic rings. The summed E-state index contributed by atoms with van der Waals surface area (Å²) in [5.41, 5.74) is 2.27. The zero-order chi connectivity index (χ0) is 28.7. The highest BCUT2D eigenvalue weighted by atomic mass is 35.5. The molecular formula is C28H28ClFN6O4S. The second kappa shape index (κ2) is 11.4. The number of piperazine rings is 1. The van der Waals surface area contributed by atoms with E-state index in [2.05, 4.69) is 21.8 Å². The van der Waals surface area contributed by atoms with Crippen molar-refractivity contribution in [3.05, 3.63) is 74.3 Å². The quantitative estimate of drug-likeness (QED) is 0.322. The van der Waals surface area contributed by atoms with Crippen LogP contribution < -0.4 is 0 Å². The van der Waals surface area contributed by atoms with Gasteiger partial charge in [-0.2, -0.15) is 0 Å². The number of hydrogen-bond acceptors (Lipinski definition) is 8. The van der Waals surface area contributed by atoms with Crippen molar-refractivity contribution in [3.8, 4) is 0 Å². The smallest absolute Gasteiger partial charge is 0.354 e. The number of amides is 1. The van der Waals surface area contributed by atoms with Crippen molar-refractivity contribution < 1.29 is 23.8 Å². The van der Waals surface area contributed by atoms with Crippen molar-refractivity contribution in [1.82, 2.24) is 29.3 Å². The first-order valence-corrected chi connectivity index (χ1v) is 14.6. The maximum Gasteiger partial charge on any atom is 0.354 e. The summed E-state index contributed by atoms with van der Waals surface area (Å²) in [4.78, 5) is 42.5. The molecule has 2 saturated heterocycles. The number of carbonyl (C=O) groups excluding carboxylic acids is 1. The highest BCUT2D eigenvalue weighted by Crippen LogP contribution is 2.24. The van der Waals surface area contributed by atoms with E-state index in [9.17, 15) is 19.1 Å². The molecule has 2 aliphatic heterocycles. The molecule has 6 rings (SSSR count). The van der Waals surface area contributed by atoms with Crippen LogP contribution in [0.3, 0.4) is 0 Å². The van der Waals surface area contributed by atoms with Gasteiger partial charge in [0.15, 0.2) is 16.3 Å². The molecule has 5 heterocycles. The number of benzene rings is 1.